The highest BCUT2D eigenvalue weighted by Gasteiger charge is 2.16. The van der Waals surface area contributed by atoms with Crippen LogP contribution in [0.2, 0.25) is 0 Å². The second-order valence-corrected chi connectivity index (χ2v) is 14.4. The van der Waals surface area contributed by atoms with Gasteiger partial charge in [0, 0.05) is 17.1 Å². The Hall–Kier alpha value is -6.18. The van der Waals surface area contributed by atoms with Gasteiger partial charge in [0.1, 0.15) is 0 Å². The molecular formula is C52H47N. The van der Waals surface area contributed by atoms with Crippen LogP contribution >= 0.6 is 0 Å². The molecule has 0 radical (unpaired) electrons. The quantitative estimate of drug-likeness (QED) is 0.137. The number of anilines is 3. The Bertz CT molecular complexity index is 2200. The minimum Gasteiger partial charge on any atom is -0.310 e. The molecule has 0 amide bonds. The summed E-state index contributed by atoms with van der Waals surface area (Å²) in [5, 5.41) is 0. The molecule has 0 spiro atoms. The van der Waals surface area contributed by atoms with Crippen molar-refractivity contribution in [2.24, 2.45) is 0 Å². The van der Waals surface area contributed by atoms with E-state index in [4.69, 9.17) is 0 Å². The molecule has 1 nitrogen and oxygen atoms in total. The van der Waals surface area contributed by atoms with Crippen molar-refractivity contribution in [1.29, 1.82) is 0 Å². The fraction of sp³-hybridized carbons (Fsp3) is 0.115. The summed E-state index contributed by atoms with van der Waals surface area (Å²) in [5.41, 5.74) is 20.5. The van der Waals surface area contributed by atoms with Crippen LogP contribution in [-0.4, -0.2) is 0 Å². The maximum Gasteiger partial charge on any atom is 0.0490 e. The lowest BCUT2D eigenvalue weighted by atomic mass is 9.93. The van der Waals surface area contributed by atoms with Crippen LogP contribution in [0, 0.1) is 41.5 Å². The molecule has 0 aliphatic rings. The Balaban J connectivity index is 1.28. The van der Waals surface area contributed by atoms with E-state index in [-0.39, 0.29) is 0 Å². The first-order chi connectivity index (χ1) is 25.7. The van der Waals surface area contributed by atoms with Crippen LogP contribution < -0.4 is 4.90 Å². The molecule has 0 bridgehead atoms. The monoisotopic (exact) mass is 685 g/mol. The van der Waals surface area contributed by atoms with E-state index in [9.17, 15) is 0 Å². The third-order valence-electron chi connectivity index (χ3n) is 9.83. The van der Waals surface area contributed by atoms with Crippen molar-refractivity contribution in [2.75, 3.05) is 4.90 Å². The van der Waals surface area contributed by atoms with Crippen molar-refractivity contribution in [3.05, 3.63) is 231 Å². The summed E-state index contributed by atoms with van der Waals surface area (Å²) in [4.78, 5) is 2.37. The minimum absolute atomic E-state index is 1.12. The summed E-state index contributed by atoms with van der Waals surface area (Å²) in [6.07, 6.45) is 4.63. The van der Waals surface area contributed by atoms with Gasteiger partial charge in [0.25, 0.3) is 0 Å². The predicted octanol–water partition coefficient (Wildman–Crippen LogP) is 14.2. The lowest BCUT2D eigenvalue weighted by Gasteiger charge is -2.27. The van der Waals surface area contributed by atoms with Gasteiger partial charge in [-0.05, 0) is 134 Å². The van der Waals surface area contributed by atoms with E-state index in [1.807, 2.05) is 0 Å². The summed E-state index contributed by atoms with van der Waals surface area (Å²) in [6.45, 7) is 13.0. The van der Waals surface area contributed by atoms with E-state index in [0.29, 0.717) is 0 Å². The van der Waals surface area contributed by atoms with Gasteiger partial charge in [0.15, 0.2) is 0 Å². The van der Waals surface area contributed by atoms with Crippen LogP contribution in [0.25, 0.3) is 23.3 Å². The summed E-state index contributed by atoms with van der Waals surface area (Å²) < 4.78 is 0. The molecule has 0 unspecified atom stereocenters. The van der Waals surface area contributed by atoms with Gasteiger partial charge in [-0.3, -0.25) is 0 Å². The van der Waals surface area contributed by atoms with Crippen molar-refractivity contribution in [3.63, 3.8) is 0 Å². The molecule has 1 heteroatoms. The molecule has 260 valence electrons. The van der Waals surface area contributed by atoms with Gasteiger partial charge in [-0.2, -0.15) is 0 Å². The Morgan fingerprint density at radius 1 is 0.358 bits per heavy atom. The number of hydrogen-bond acceptors (Lipinski definition) is 1. The SMILES string of the molecule is Cc1cccc(C(=Cc2ccc(N(c3ccc(C=C(c4cccc(C)c4)c4cccc(C)c4)cc3)c3ccc(C)cc3C)cc2)c2cccc(C)c2)c1. The molecule has 7 rings (SSSR count). The van der Waals surface area contributed by atoms with Crippen molar-refractivity contribution < 1.29 is 0 Å². The molecule has 0 aliphatic heterocycles. The van der Waals surface area contributed by atoms with E-state index >= 15 is 0 Å². The molecule has 0 aromatic heterocycles. The van der Waals surface area contributed by atoms with E-state index in [2.05, 4.69) is 222 Å². The van der Waals surface area contributed by atoms with Crippen molar-refractivity contribution in [3.8, 4) is 0 Å². The highest BCUT2D eigenvalue weighted by molar-refractivity contribution is 5.93. The van der Waals surface area contributed by atoms with E-state index in [0.717, 1.165) is 22.5 Å². The average molecular weight is 686 g/mol. The normalized spacial score (nSPS) is 10.8. The second kappa shape index (κ2) is 15.6. The fourth-order valence-corrected chi connectivity index (χ4v) is 7.17. The van der Waals surface area contributed by atoms with Gasteiger partial charge >= 0.3 is 0 Å². The van der Waals surface area contributed by atoms with E-state index in [1.54, 1.807) is 0 Å². The average Bonchev–Trinajstić information content (AvgIpc) is 3.15. The summed E-state index contributed by atoms with van der Waals surface area (Å²) in [6, 6.07) is 59.8. The van der Waals surface area contributed by atoms with Crippen LogP contribution in [0.3, 0.4) is 0 Å². The van der Waals surface area contributed by atoms with Crippen molar-refractivity contribution in [1.82, 2.24) is 0 Å². The first-order valence-electron chi connectivity index (χ1n) is 18.5. The van der Waals surface area contributed by atoms with E-state index < -0.39 is 0 Å². The van der Waals surface area contributed by atoms with Gasteiger partial charge in [0.2, 0.25) is 0 Å². The smallest absolute Gasteiger partial charge is 0.0490 e. The van der Waals surface area contributed by atoms with Crippen molar-refractivity contribution in [2.45, 2.75) is 41.5 Å². The lowest BCUT2D eigenvalue weighted by Crippen LogP contribution is -2.11. The second-order valence-electron chi connectivity index (χ2n) is 14.4. The standard InChI is InChI=1S/C52H47N/c1-36-11-7-15-44(30-36)50(45-16-8-12-37(2)31-45)34-42-20-24-48(25-21-42)53(52-28-19-40(5)29-41(52)6)49-26-22-43(23-27-49)35-51(46-17-9-13-38(3)32-46)47-18-10-14-39(4)33-47/h7-35H,1-6H3. The Morgan fingerprint density at radius 3 is 1.02 bits per heavy atom. The highest BCUT2D eigenvalue weighted by Crippen LogP contribution is 2.38. The Morgan fingerprint density at radius 2 is 0.698 bits per heavy atom. The zero-order valence-electron chi connectivity index (χ0n) is 31.7. The van der Waals surface area contributed by atoms with Crippen LogP contribution in [0.4, 0.5) is 17.1 Å². The lowest BCUT2D eigenvalue weighted by molar-refractivity contribution is 1.24. The molecular weight excluding hydrogens is 639 g/mol. The van der Waals surface area contributed by atoms with Gasteiger partial charge in [-0.25, -0.2) is 0 Å². The molecule has 0 atom stereocenters. The number of nitrogens with zero attached hydrogens (tertiary/aromatic N) is 1. The Kier molecular flexibility index (Phi) is 10.4. The molecule has 0 saturated carbocycles. The third-order valence-corrected chi connectivity index (χ3v) is 9.83. The van der Waals surface area contributed by atoms with Gasteiger partial charge in [0.05, 0.1) is 0 Å². The first kappa shape index (κ1) is 35.2. The maximum atomic E-state index is 2.37. The van der Waals surface area contributed by atoms with Crippen LogP contribution in [0.1, 0.15) is 66.8 Å². The van der Waals surface area contributed by atoms with E-state index in [1.165, 1.54) is 72.5 Å². The molecule has 0 saturated heterocycles. The largest absolute Gasteiger partial charge is 0.310 e. The van der Waals surface area contributed by atoms with Gasteiger partial charge in [-0.1, -0.05) is 161 Å². The summed E-state index contributed by atoms with van der Waals surface area (Å²) >= 11 is 0. The molecule has 0 fully saturated rings. The van der Waals surface area contributed by atoms with Crippen LogP contribution in [0.15, 0.2) is 164 Å². The zero-order chi connectivity index (χ0) is 36.9. The van der Waals surface area contributed by atoms with Crippen molar-refractivity contribution >= 4 is 40.4 Å². The highest BCUT2D eigenvalue weighted by atomic mass is 15.1. The number of benzene rings is 7. The number of aryl methyl sites for hydroxylation is 6. The summed E-state index contributed by atoms with van der Waals surface area (Å²) in [5.74, 6) is 0. The molecule has 0 heterocycles. The van der Waals surface area contributed by atoms with Crippen LogP contribution in [0.5, 0.6) is 0 Å². The molecule has 7 aromatic rings. The number of hydrogen-bond donors (Lipinski definition) is 0. The van der Waals surface area contributed by atoms with Gasteiger partial charge in [-0.15, -0.1) is 0 Å². The summed E-state index contributed by atoms with van der Waals surface area (Å²) in [7, 11) is 0. The maximum absolute atomic E-state index is 2.37. The van der Waals surface area contributed by atoms with Gasteiger partial charge < -0.3 is 4.90 Å². The Labute approximate surface area is 316 Å². The fourth-order valence-electron chi connectivity index (χ4n) is 7.17. The molecule has 0 aliphatic carbocycles. The first-order valence-corrected chi connectivity index (χ1v) is 18.5. The predicted molar refractivity (Wildman–Crippen MR) is 229 cm³/mol. The molecule has 53 heavy (non-hydrogen) atoms. The molecule has 0 N–H and O–H groups in total. The zero-order valence-corrected chi connectivity index (χ0v) is 31.7. The third kappa shape index (κ3) is 8.32. The minimum atomic E-state index is 1.12. The number of rotatable bonds is 9. The molecule has 7 aromatic carbocycles. The van der Waals surface area contributed by atoms with Crippen LogP contribution in [-0.2, 0) is 0 Å². The topological polar surface area (TPSA) is 3.24 Å².